The van der Waals surface area contributed by atoms with Crippen LogP contribution >= 0.6 is 0 Å². The van der Waals surface area contributed by atoms with Crippen LogP contribution in [-0.4, -0.2) is 70.2 Å². The highest BCUT2D eigenvalue weighted by Crippen LogP contribution is 2.42. The zero-order chi connectivity index (χ0) is 13.8. The van der Waals surface area contributed by atoms with E-state index in [1.54, 1.807) is 0 Å². The van der Waals surface area contributed by atoms with Crippen molar-refractivity contribution in [2.45, 2.75) is 23.5 Å². The third-order valence-corrected chi connectivity index (χ3v) is 3.97. The van der Waals surface area contributed by atoms with Crippen molar-refractivity contribution in [1.82, 2.24) is 4.90 Å². The van der Waals surface area contributed by atoms with E-state index in [0.29, 0.717) is 0 Å². The van der Waals surface area contributed by atoms with Gasteiger partial charge < -0.3 is 25.4 Å². The summed E-state index contributed by atoms with van der Waals surface area (Å²) in [6.07, 6.45) is -0.634. The molecule has 0 aliphatic carbocycles. The number of fused-ring (bicyclic) bond motifs is 3. The van der Waals surface area contributed by atoms with Crippen LogP contribution in [0.5, 0.6) is 0 Å². The van der Waals surface area contributed by atoms with Gasteiger partial charge in [0.15, 0.2) is 0 Å². The molecule has 4 unspecified atom stereocenters. The molecular formula is C11H14N2O6. The maximum absolute atomic E-state index is 11.7. The lowest BCUT2D eigenvalue weighted by Gasteiger charge is -2.59. The van der Waals surface area contributed by atoms with Crippen LogP contribution in [0.25, 0.3) is 0 Å². The van der Waals surface area contributed by atoms with E-state index < -0.39 is 35.3 Å². The summed E-state index contributed by atoms with van der Waals surface area (Å²) in [6, 6.07) is 0. The largest absolute Gasteiger partial charge is 0.387 e. The lowest BCUT2D eigenvalue weighted by atomic mass is 9.81. The van der Waals surface area contributed by atoms with Crippen LogP contribution in [0.3, 0.4) is 0 Å². The average Bonchev–Trinajstić information content (AvgIpc) is 2.76. The van der Waals surface area contributed by atoms with Crippen molar-refractivity contribution in [2.75, 3.05) is 19.8 Å². The molecule has 4 rings (SSSR count). The first kappa shape index (κ1) is 12.7. The number of nitrogens with zero attached hydrogens (tertiary/aromatic N) is 1. The summed E-state index contributed by atoms with van der Waals surface area (Å²) in [7, 11) is 0. The van der Waals surface area contributed by atoms with Gasteiger partial charge in [0.25, 0.3) is 11.8 Å². The number of hydrogen-bond donors (Lipinski definition) is 3. The minimum absolute atomic E-state index is 0.0402. The molecule has 4 N–H and O–H groups in total. The molecule has 0 aromatic heterocycles. The fourth-order valence-corrected chi connectivity index (χ4v) is 2.73. The zero-order valence-corrected chi connectivity index (χ0v) is 9.98. The van der Waals surface area contributed by atoms with Gasteiger partial charge in [0.2, 0.25) is 5.72 Å². The molecule has 0 spiro atoms. The Balaban J connectivity index is 1.98. The molecule has 0 saturated carbocycles. The first-order chi connectivity index (χ1) is 8.97. The lowest BCUT2D eigenvalue weighted by Crippen LogP contribution is -2.81. The highest BCUT2D eigenvalue weighted by molar-refractivity contribution is 6.13. The molecule has 0 radical (unpaired) electrons. The second-order valence-electron chi connectivity index (χ2n) is 4.93. The van der Waals surface area contributed by atoms with E-state index in [4.69, 9.17) is 15.2 Å². The van der Waals surface area contributed by atoms with Crippen LogP contribution in [0.15, 0.2) is 12.2 Å². The molecule has 2 bridgehead atoms. The molecule has 2 amide bonds. The number of carbonyl (C=O) groups is 2. The number of imide groups is 1. The van der Waals surface area contributed by atoms with E-state index in [9.17, 15) is 19.8 Å². The minimum atomic E-state index is -1.69. The fraction of sp³-hybridized carbons (Fsp3) is 0.636. The molecule has 4 aliphatic rings. The van der Waals surface area contributed by atoms with Gasteiger partial charge in [0.1, 0.15) is 17.8 Å². The summed E-state index contributed by atoms with van der Waals surface area (Å²) in [5.74, 6) is -1.22. The zero-order valence-electron chi connectivity index (χ0n) is 9.98. The van der Waals surface area contributed by atoms with Gasteiger partial charge >= 0.3 is 0 Å². The lowest BCUT2D eigenvalue weighted by molar-refractivity contribution is -0.377. The van der Waals surface area contributed by atoms with E-state index in [1.807, 2.05) is 0 Å². The van der Waals surface area contributed by atoms with E-state index in [0.717, 1.165) is 17.1 Å². The summed E-state index contributed by atoms with van der Waals surface area (Å²) < 4.78 is 11.0. The van der Waals surface area contributed by atoms with Crippen LogP contribution in [0.4, 0.5) is 0 Å². The number of nitrogens with two attached hydrogens (primary N) is 1. The monoisotopic (exact) mass is 270 g/mol. The van der Waals surface area contributed by atoms with Crippen molar-refractivity contribution in [2.24, 2.45) is 5.73 Å². The number of rotatable bonds is 2. The van der Waals surface area contributed by atoms with Gasteiger partial charge in [-0.05, 0) is 0 Å². The summed E-state index contributed by atoms with van der Waals surface area (Å²) >= 11 is 0. The quantitative estimate of drug-likeness (QED) is 0.460. The van der Waals surface area contributed by atoms with Crippen molar-refractivity contribution in [1.29, 1.82) is 0 Å². The molecule has 8 nitrogen and oxygen atoms in total. The van der Waals surface area contributed by atoms with E-state index >= 15 is 0 Å². The topological polar surface area (TPSA) is 122 Å². The van der Waals surface area contributed by atoms with Gasteiger partial charge in [0.05, 0.1) is 13.2 Å². The van der Waals surface area contributed by atoms with Gasteiger partial charge in [-0.3, -0.25) is 9.59 Å². The number of hydrogen-bond acceptors (Lipinski definition) is 7. The van der Waals surface area contributed by atoms with Crippen molar-refractivity contribution in [3.8, 4) is 0 Å². The molecule has 4 heterocycles. The first-order valence-corrected chi connectivity index (χ1v) is 5.87. The Morgan fingerprint density at radius 2 is 1.84 bits per heavy atom. The smallest absolute Gasteiger partial charge is 0.256 e. The minimum Gasteiger partial charge on any atom is -0.387 e. The SMILES string of the molecule is NCC12COC(N3C(=O)C=CC3=O)(CO1)C(O)C2O. The van der Waals surface area contributed by atoms with E-state index in [2.05, 4.69) is 0 Å². The summed E-state index contributed by atoms with van der Waals surface area (Å²) in [5.41, 5.74) is 2.66. The molecule has 8 heteroatoms. The normalized spacial score (nSPS) is 45.3. The molecule has 3 saturated heterocycles. The van der Waals surface area contributed by atoms with Crippen molar-refractivity contribution < 1.29 is 29.3 Å². The molecule has 3 fully saturated rings. The van der Waals surface area contributed by atoms with Gasteiger partial charge in [-0.15, -0.1) is 0 Å². The Morgan fingerprint density at radius 3 is 2.32 bits per heavy atom. The van der Waals surface area contributed by atoms with E-state index in [-0.39, 0.29) is 19.8 Å². The molecule has 0 aromatic rings. The molecule has 4 aliphatic heterocycles. The average molecular weight is 270 g/mol. The van der Waals surface area contributed by atoms with Crippen LogP contribution in [-0.2, 0) is 19.1 Å². The number of ether oxygens (including phenoxy) is 2. The van der Waals surface area contributed by atoms with Gasteiger partial charge in [0, 0.05) is 18.7 Å². The second kappa shape index (κ2) is 3.84. The summed E-state index contributed by atoms with van der Waals surface area (Å²) in [4.78, 5) is 24.2. The Kier molecular flexibility index (Phi) is 2.57. The van der Waals surface area contributed by atoms with Gasteiger partial charge in [-0.25, -0.2) is 4.90 Å². The third kappa shape index (κ3) is 1.40. The molecular weight excluding hydrogens is 256 g/mol. The Morgan fingerprint density at radius 1 is 1.21 bits per heavy atom. The molecule has 0 aromatic carbocycles. The van der Waals surface area contributed by atoms with E-state index in [1.165, 1.54) is 0 Å². The Bertz CT molecular complexity index is 450. The second-order valence-corrected chi connectivity index (χ2v) is 4.93. The third-order valence-electron chi connectivity index (χ3n) is 3.97. The predicted molar refractivity (Wildman–Crippen MR) is 59.4 cm³/mol. The molecule has 104 valence electrons. The van der Waals surface area contributed by atoms with Gasteiger partial charge in [-0.1, -0.05) is 0 Å². The summed E-state index contributed by atoms with van der Waals surface area (Å²) in [5, 5.41) is 20.3. The fourth-order valence-electron chi connectivity index (χ4n) is 2.73. The maximum Gasteiger partial charge on any atom is 0.256 e. The summed E-state index contributed by atoms with van der Waals surface area (Å²) in [6.45, 7) is -0.359. The number of aliphatic hydroxyl groups is 2. The molecule has 19 heavy (non-hydrogen) atoms. The van der Waals surface area contributed by atoms with Crippen LogP contribution < -0.4 is 5.73 Å². The number of aliphatic hydroxyl groups excluding tert-OH is 2. The number of carbonyl (C=O) groups excluding carboxylic acids is 2. The van der Waals surface area contributed by atoms with Crippen molar-refractivity contribution in [3.05, 3.63) is 12.2 Å². The molecule has 4 atom stereocenters. The first-order valence-electron chi connectivity index (χ1n) is 5.87. The predicted octanol–water partition coefficient (Wildman–Crippen LogP) is -2.91. The highest BCUT2D eigenvalue weighted by Gasteiger charge is 2.66. The number of amides is 2. The Hall–Kier alpha value is -1.32. The van der Waals surface area contributed by atoms with Crippen molar-refractivity contribution >= 4 is 11.8 Å². The maximum atomic E-state index is 11.7. The highest BCUT2D eigenvalue weighted by atomic mass is 16.6. The van der Waals surface area contributed by atoms with Crippen LogP contribution in [0, 0.1) is 0 Å². The Labute approximate surface area is 108 Å². The van der Waals surface area contributed by atoms with Crippen molar-refractivity contribution in [3.63, 3.8) is 0 Å². The van der Waals surface area contributed by atoms with Gasteiger partial charge in [-0.2, -0.15) is 0 Å². The van der Waals surface area contributed by atoms with Crippen LogP contribution in [0.2, 0.25) is 0 Å². The van der Waals surface area contributed by atoms with Crippen LogP contribution in [0.1, 0.15) is 0 Å². The standard InChI is InChI=1S/C11H14N2O6/c12-3-10-4-19-11(5-18-10,9(17)8(10)16)13-6(14)1-2-7(13)15/h1-2,8-9,16-17H,3-5,12H2.